The molecule has 0 atom stereocenters. The van der Waals surface area contributed by atoms with Crippen molar-refractivity contribution in [3.8, 4) is 0 Å². The molecule has 1 aliphatic rings. The van der Waals surface area contributed by atoms with E-state index in [4.69, 9.17) is 5.73 Å². The summed E-state index contributed by atoms with van der Waals surface area (Å²) in [6.07, 6.45) is 7.36. The third kappa shape index (κ3) is 4.07. The minimum absolute atomic E-state index is 0.134. The largest absolute Gasteiger partial charge is 0.341 e. The molecular formula is C17H26N2O. The van der Waals surface area contributed by atoms with Crippen LogP contribution in [0.3, 0.4) is 0 Å². The van der Waals surface area contributed by atoms with Crippen LogP contribution in [0.5, 0.6) is 0 Å². The maximum Gasteiger partial charge on any atom is 0.253 e. The molecule has 20 heavy (non-hydrogen) atoms. The number of nitrogens with two attached hydrogens (primary N) is 1. The predicted octanol–water partition coefficient (Wildman–Crippen LogP) is 2.84. The number of nitrogens with zero attached hydrogens (tertiary/aromatic N) is 1. The molecule has 2 N–H and O–H groups in total. The van der Waals surface area contributed by atoms with Gasteiger partial charge in [0.1, 0.15) is 0 Å². The van der Waals surface area contributed by atoms with Gasteiger partial charge in [0.25, 0.3) is 5.91 Å². The molecule has 1 amide bonds. The lowest BCUT2D eigenvalue weighted by Crippen LogP contribution is -2.32. The monoisotopic (exact) mass is 274 g/mol. The maximum absolute atomic E-state index is 12.5. The fourth-order valence-electron chi connectivity index (χ4n) is 3.09. The zero-order valence-corrected chi connectivity index (χ0v) is 12.5. The summed E-state index contributed by atoms with van der Waals surface area (Å²) in [7, 11) is 1.92. The van der Waals surface area contributed by atoms with Gasteiger partial charge in [-0.1, -0.05) is 31.4 Å². The van der Waals surface area contributed by atoms with E-state index in [2.05, 4.69) is 0 Å². The summed E-state index contributed by atoms with van der Waals surface area (Å²) in [6, 6.07) is 7.86. The van der Waals surface area contributed by atoms with E-state index in [1.54, 1.807) is 0 Å². The standard InChI is InChI=1S/C17H26N2O/c1-19(13-15-6-3-2-4-7-15)17(20)16-9-5-8-14(12-16)10-11-18/h5,8-9,12,15H,2-4,6-7,10-11,13,18H2,1H3. The molecule has 0 aliphatic heterocycles. The van der Waals surface area contributed by atoms with E-state index in [1.165, 1.54) is 32.1 Å². The molecule has 0 radical (unpaired) electrons. The lowest BCUT2D eigenvalue weighted by molar-refractivity contribution is 0.0760. The maximum atomic E-state index is 12.5. The summed E-state index contributed by atoms with van der Waals surface area (Å²) in [5.41, 5.74) is 7.50. The molecule has 3 heteroatoms. The Kier molecular flexibility index (Phi) is 5.60. The van der Waals surface area contributed by atoms with Crippen molar-refractivity contribution < 1.29 is 4.79 Å². The van der Waals surface area contributed by atoms with Crippen molar-refractivity contribution in [2.24, 2.45) is 11.7 Å². The number of hydrogen-bond acceptors (Lipinski definition) is 2. The summed E-state index contributed by atoms with van der Waals surface area (Å²) >= 11 is 0. The SMILES string of the molecule is CN(CC1CCCCC1)C(=O)c1cccc(CCN)c1. The van der Waals surface area contributed by atoms with Gasteiger partial charge in [0, 0.05) is 19.2 Å². The van der Waals surface area contributed by atoms with E-state index in [9.17, 15) is 4.79 Å². The minimum atomic E-state index is 0.134. The molecule has 0 saturated heterocycles. The highest BCUT2D eigenvalue weighted by atomic mass is 16.2. The first-order chi connectivity index (χ1) is 9.70. The molecule has 1 saturated carbocycles. The molecule has 2 rings (SSSR count). The van der Waals surface area contributed by atoms with Gasteiger partial charge in [0.2, 0.25) is 0 Å². The van der Waals surface area contributed by atoms with Gasteiger partial charge in [-0.2, -0.15) is 0 Å². The van der Waals surface area contributed by atoms with Gasteiger partial charge in [0.05, 0.1) is 0 Å². The smallest absolute Gasteiger partial charge is 0.253 e. The van der Waals surface area contributed by atoms with E-state index >= 15 is 0 Å². The Labute approximate surface area is 122 Å². The molecule has 0 aromatic heterocycles. The van der Waals surface area contributed by atoms with E-state index < -0.39 is 0 Å². The van der Waals surface area contributed by atoms with Crippen LogP contribution >= 0.6 is 0 Å². The number of amides is 1. The van der Waals surface area contributed by atoms with Gasteiger partial charge in [0.15, 0.2) is 0 Å². The predicted molar refractivity (Wildman–Crippen MR) is 82.7 cm³/mol. The summed E-state index contributed by atoms with van der Waals surface area (Å²) in [5.74, 6) is 0.819. The Hall–Kier alpha value is -1.35. The molecule has 1 fully saturated rings. The Balaban J connectivity index is 1.96. The molecule has 3 nitrogen and oxygen atoms in total. The van der Waals surface area contributed by atoms with Gasteiger partial charge >= 0.3 is 0 Å². The Bertz CT molecular complexity index is 438. The fourth-order valence-corrected chi connectivity index (χ4v) is 3.09. The molecule has 0 spiro atoms. The first-order valence-electron chi connectivity index (χ1n) is 7.75. The molecule has 0 heterocycles. The first kappa shape index (κ1) is 15.0. The van der Waals surface area contributed by atoms with Gasteiger partial charge in [-0.15, -0.1) is 0 Å². The Morgan fingerprint density at radius 2 is 2.05 bits per heavy atom. The van der Waals surface area contributed by atoms with Crippen LogP contribution in [0, 0.1) is 5.92 Å². The molecule has 1 aromatic carbocycles. The van der Waals surface area contributed by atoms with Crippen LogP contribution in [0.15, 0.2) is 24.3 Å². The van der Waals surface area contributed by atoms with E-state index in [1.807, 2.05) is 36.2 Å². The minimum Gasteiger partial charge on any atom is -0.341 e. The normalized spacial score (nSPS) is 16.1. The van der Waals surface area contributed by atoms with Crippen LogP contribution in [0.1, 0.15) is 48.0 Å². The summed E-state index contributed by atoms with van der Waals surface area (Å²) < 4.78 is 0. The van der Waals surface area contributed by atoms with Crippen molar-refractivity contribution in [2.45, 2.75) is 38.5 Å². The van der Waals surface area contributed by atoms with Crippen molar-refractivity contribution in [3.63, 3.8) is 0 Å². The average Bonchev–Trinajstić information content (AvgIpc) is 2.48. The highest BCUT2D eigenvalue weighted by Gasteiger charge is 2.19. The zero-order valence-electron chi connectivity index (χ0n) is 12.5. The van der Waals surface area contributed by atoms with E-state index in [-0.39, 0.29) is 5.91 Å². The van der Waals surface area contributed by atoms with Gasteiger partial charge in [-0.25, -0.2) is 0 Å². The van der Waals surface area contributed by atoms with Crippen LogP contribution < -0.4 is 5.73 Å². The summed E-state index contributed by atoms with van der Waals surface area (Å²) in [5, 5.41) is 0. The van der Waals surface area contributed by atoms with Gasteiger partial charge in [-0.3, -0.25) is 4.79 Å². The van der Waals surface area contributed by atoms with Crippen LogP contribution in [0.25, 0.3) is 0 Å². The van der Waals surface area contributed by atoms with Crippen LogP contribution in [-0.4, -0.2) is 30.9 Å². The third-order valence-electron chi connectivity index (χ3n) is 4.21. The highest BCUT2D eigenvalue weighted by Crippen LogP contribution is 2.24. The van der Waals surface area contributed by atoms with Crippen molar-refractivity contribution in [2.75, 3.05) is 20.1 Å². The second-order valence-electron chi connectivity index (χ2n) is 5.93. The molecule has 0 bridgehead atoms. The van der Waals surface area contributed by atoms with Crippen molar-refractivity contribution in [1.82, 2.24) is 4.90 Å². The highest BCUT2D eigenvalue weighted by molar-refractivity contribution is 5.94. The van der Waals surface area contributed by atoms with E-state index in [0.717, 1.165) is 24.1 Å². The second kappa shape index (κ2) is 7.44. The third-order valence-corrected chi connectivity index (χ3v) is 4.21. The summed E-state index contributed by atoms with van der Waals surface area (Å²) in [4.78, 5) is 14.4. The number of benzene rings is 1. The quantitative estimate of drug-likeness (QED) is 0.897. The lowest BCUT2D eigenvalue weighted by atomic mass is 9.89. The molecule has 110 valence electrons. The number of rotatable bonds is 5. The van der Waals surface area contributed by atoms with Crippen molar-refractivity contribution in [3.05, 3.63) is 35.4 Å². The second-order valence-corrected chi connectivity index (χ2v) is 5.93. The lowest BCUT2D eigenvalue weighted by Gasteiger charge is -2.27. The van der Waals surface area contributed by atoms with Crippen LogP contribution in [0.4, 0.5) is 0 Å². The molecular weight excluding hydrogens is 248 g/mol. The van der Waals surface area contributed by atoms with Crippen LogP contribution in [-0.2, 0) is 6.42 Å². The Morgan fingerprint density at radius 3 is 2.75 bits per heavy atom. The molecule has 1 aliphatic carbocycles. The summed E-state index contributed by atoms with van der Waals surface area (Å²) in [6.45, 7) is 1.51. The average molecular weight is 274 g/mol. The number of carbonyl (C=O) groups is 1. The Morgan fingerprint density at radius 1 is 1.30 bits per heavy atom. The fraction of sp³-hybridized carbons (Fsp3) is 0.588. The zero-order chi connectivity index (χ0) is 14.4. The topological polar surface area (TPSA) is 46.3 Å². The van der Waals surface area contributed by atoms with Gasteiger partial charge < -0.3 is 10.6 Å². The van der Waals surface area contributed by atoms with Gasteiger partial charge in [-0.05, 0) is 49.4 Å². The molecule has 0 unspecified atom stereocenters. The molecule has 1 aromatic rings. The number of hydrogen-bond donors (Lipinski definition) is 1. The number of carbonyl (C=O) groups excluding carboxylic acids is 1. The van der Waals surface area contributed by atoms with Crippen LogP contribution in [0.2, 0.25) is 0 Å². The first-order valence-corrected chi connectivity index (χ1v) is 7.75. The van der Waals surface area contributed by atoms with E-state index in [0.29, 0.717) is 12.5 Å². The van der Waals surface area contributed by atoms with Crippen molar-refractivity contribution >= 4 is 5.91 Å². The van der Waals surface area contributed by atoms with Crippen molar-refractivity contribution in [1.29, 1.82) is 0 Å².